The molecule has 1 aliphatic heterocycles. The third kappa shape index (κ3) is 4.93. The Hall–Kier alpha value is -4.57. The highest BCUT2D eigenvalue weighted by atomic mass is 15.4. The standard InChI is InChI=1S/C40H42N4/c1-39(2,3)29-18-19-41-38(25-29)44-34-13-9-8-12-32(34)33-17-16-27(23-37(33)44)20-28-21-30(40(4,5)6)24-31(22-28)43-26-42(7)35-14-10-11-15-36(35)43/h8-19,21-25H,20,26H2,1-7H3. The number of para-hydroxylation sites is 3. The molecular weight excluding hydrogens is 536 g/mol. The maximum Gasteiger partial charge on any atom is 0.137 e. The van der Waals surface area contributed by atoms with Crippen LogP contribution in [0, 0.1) is 0 Å². The summed E-state index contributed by atoms with van der Waals surface area (Å²) >= 11 is 0. The van der Waals surface area contributed by atoms with E-state index in [2.05, 4.69) is 160 Å². The molecule has 4 nitrogen and oxygen atoms in total. The molecule has 0 saturated carbocycles. The molecule has 0 amide bonds. The van der Waals surface area contributed by atoms with Crippen molar-refractivity contribution >= 4 is 38.9 Å². The van der Waals surface area contributed by atoms with Gasteiger partial charge in [0.1, 0.15) is 5.82 Å². The number of pyridine rings is 1. The van der Waals surface area contributed by atoms with Gasteiger partial charge in [-0.25, -0.2) is 4.98 Å². The lowest BCUT2D eigenvalue weighted by Gasteiger charge is -2.26. The number of rotatable bonds is 4. The fraction of sp³-hybridized carbons (Fsp3) is 0.275. The van der Waals surface area contributed by atoms with Gasteiger partial charge in [0.25, 0.3) is 0 Å². The zero-order valence-electron chi connectivity index (χ0n) is 27.0. The molecule has 222 valence electrons. The van der Waals surface area contributed by atoms with Gasteiger partial charge in [-0.2, -0.15) is 0 Å². The number of aromatic nitrogens is 2. The van der Waals surface area contributed by atoms with Crippen molar-refractivity contribution in [1.82, 2.24) is 9.55 Å². The minimum absolute atomic E-state index is 0.0377. The number of hydrogen-bond donors (Lipinski definition) is 0. The summed E-state index contributed by atoms with van der Waals surface area (Å²) in [6.45, 7) is 14.5. The lowest BCUT2D eigenvalue weighted by molar-refractivity contribution is 0.588. The first-order valence-corrected chi connectivity index (χ1v) is 15.7. The van der Waals surface area contributed by atoms with E-state index in [1.54, 1.807) is 0 Å². The number of nitrogens with zero attached hydrogens (tertiary/aromatic N) is 4. The maximum atomic E-state index is 4.88. The van der Waals surface area contributed by atoms with Crippen LogP contribution in [0.3, 0.4) is 0 Å². The van der Waals surface area contributed by atoms with Crippen LogP contribution in [-0.2, 0) is 17.3 Å². The normalized spacial score (nSPS) is 13.7. The number of fused-ring (bicyclic) bond motifs is 4. The van der Waals surface area contributed by atoms with Crippen LogP contribution in [0.15, 0.2) is 103 Å². The second-order valence-electron chi connectivity index (χ2n) is 14.4. The molecule has 0 fully saturated rings. The predicted octanol–water partition coefficient (Wildman–Crippen LogP) is 9.91. The molecule has 0 unspecified atom stereocenters. The lowest BCUT2D eigenvalue weighted by atomic mass is 9.85. The summed E-state index contributed by atoms with van der Waals surface area (Å²) < 4.78 is 2.34. The molecular formula is C40H42N4. The largest absolute Gasteiger partial charge is 0.355 e. The summed E-state index contributed by atoms with van der Waals surface area (Å²) in [5, 5.41) is 2.51. The fourth-order valence-corrected chi connectivity index (χ4v) is 6.58. The zero-order valence-corrected chi connectivity index (χ0v) is 27.0. The Morgan fingerprint density at radius 3 is 2.11 bits per heavy atom. The van der Waals surface area contributed by atoms with Crippen molar-refractivity contribution in [2.75, 3.05) is 23.5 Å². The highest BCUT2D eigenvalue weighted by molar-refractivity contribution is 6.09. The van der Waals surface area contributed by atoms with Crippen molar-refractivity contribution in [2.45, 2.75) is 58.8 Å². The van der Waals surface area contributed by atoms with Gasteiger partial charge < -0.3 is 9.80 Å². The van der Waals surface area contributed by atoms with Gasteiger partial charge in [0.15, 0.2) is 0 Å². The quantitative estimate of drug-likeness (QED) is 0.208. The molecule has 0 saturated heterocycles. The summed E-state index contributed by atoms with van der Waals surface area (Å²) in [4.78, 5) is 9.66. The molecule has 7 rings (SSSR count). The average molecular weight is 579 g/mol. The van der Waals surface area contributed by atoms with E-state index in [-0.39, 0.29) is 10.8 Å². The Morgan fingerprint density at radius 2 is 1.34 bits per heavy atom. The van der Waals surface area contributed by atoms with Crippen LogP contribution in [0.2, 0.25) is 0 Å². The number of hydrogen-bond acceptors (Lipinski definition) is 3. The first-order valence-electron chi connectivity index (χ1n) is 15.7. The molecule has 0 spiro atoms. The van der Waals surface area contributed by atoms with Gasteiger partial charge in [0.05, 0.1) is 29.1 Å². The van der Waals surface area contributed by atoms with Gasteiger partial charge in [0.2, 0.25) is 0 Å². The minimum atomic E-state index is 0.0377. The smallest absolute Gasteiger partial charge is 0.137 e. The van der Waals surface area contributed by atoms with Crippen LogP contribution in [0.25, 0.3) is 27.6 Å². The Labute approximate surface area is 261 Å². The molecule has 2 aromatic heterocycles. The van der Waals surface area contributed by atoms with E-state index in [0.717, 1.165) is 18.9 Å². The molecule has 6 aromatic rings. The summed E-state index contributed by atoms with van der Waals surface area (Å²) in [5.41, 5.74) is 11.5. The molecule has 0 N–H and O–H groups in total. The van der Waals surface area contributed by atoms with Crippen molar-refractivity contribution in [3.63, 3.8) is 0 Å². The van der Waals surface area contributed by atoms with Crippen LogP contribution >= 0.6 is 0 Å². The summed E-state index contributed by atoms with van der Waals surface area (Å²) in [6.07, 6.45) is 2.81. The first kappa shape index (κ1) is 28.2. The lowest BCUT2D eigenvalue weighted by Crippen LogP contribution is -2.24. The highest BCUT2D eigenvalue weighted by Crippen LogP contribution is 2.41. The third-order valence-electron chi connectivity index (χ3n) is 9.08. The second-order valence-corrected chi connectivity index (χ2v) is 14.4. The van der Waals surface area contributed by atoms with Gasteiger partial charge >= 0.3 is 0 Å². The van der Waals surface area contributed by atoms with E-state index in [4.69, 9.17) is 4.98 Å². The minimum Gasteiger partial charge on any atom is -0.355 e. The summed E-state index contributed by atoms with van der Waals surface area (Å²) in [7, 11) is 2.17. The molecule has 1 aliphatic rings. The van der Waals surface area contributed by atoms with E-state index in [0.29, 0.717) is 0 Å². The van der Waals surface area contributed by atoms with E-state index in [1.807, 2.05) is 6.20 Å². The maximum absolute atomic E-state index is 4.88. The van der Waals surface area contributed by atoms with E-state index < -0.39 is 0 Å². The Bertz CT molecular complexity index is 2020. The topological polar surface area (TPSA) is 24.3 Å². The molecule has 0 atom stereocenters. The van der Waals surface area contributed by atoms with Crippen LogP contribution in [0.4, 0.5) is 17.1 Å². The molecule has 0 radical (unpaired) electrons. The summed E-state index contributed by atoms with van der Waals surface area (Å²) in [5.74, 6) is 0.967. The molecule has 3 heterocycles. The molecule has 0 bridgehead atoms. The van der Waals surface area contributed by atoms with Crippen LogP contribution in [0.1, 0.15) is 63.8 Å². The van der Waals surface area contributed by atoms with Crippen LogP contribution < -0.4 is 9.80 Å². The van der Waals surface area contributed by atoms with Crippen LogP contribution in [-0.4, -0.2) is 23.3 Å². The second kappa shape index (κ2) is 10.3. The number of anilines is 3. The van der Waals surface area contributed by atoms with Crippen molar-refractivity contribution in [2.24, 2.45) is 0 Å². The summed E-state index contributed by atoms with van der Waals surface area (Å²) in [6, 6.07) is 36.0. The zero-order chi connectivity index (χ0) is 30.8. The van der Waals surface area contributed by atoms with Gasteiger partial charge in [-0.15, -0.1) is 0 Å². The van der Waals surface area contributed by atoms with Gasteiger partial charge in [-0.05, 0) is 88.0 Å². The SMILES string of the molecule is CN1CN(c2cc(Cc3ccc4c5ccccc5n(-c5cc(C(C)(C)C)ccn5)c4c3)cc(C(C)(C)C)c2)c2ccccc21. The van der Waals surface area contributed by atoms with Gasteiger partial charge in [0, 0.05) is 29.7 Å². The monoisotopic (exact) mass is 578 g/mol. The van der Waals surface area contributed by atoms with Crippen LogP contribution in [0.5, 0.6) is 0 Å². The van der Waals surface area contributed by atoms with Crippen molar-refractivity contribution in [1.29, 1.82) is 0 Å². The van der Waals surface area contributed by atoms with Crippen molar-refractivity contribution in [3.05, 3.63) is 126 Å². The third-order valence-corrected chi connectivity index (χ3v) is 9.08. The highest BCUT2D eigenvalue weighted by Gasteiger charge is 2.26. The Kier molecular flexibility index (Phi) is 6.58. The Balaban J connectivity index is 1.35. The average Bonchev–Trinajstić information content (AvgIpc) is 3.51. The van der Waals surface area contributed by atoms with Crippen molar-refractivity contribution in [3.8, 4) is 5.82 Å². The first-order chi connectivity index (χ1) is 21.0. The molecule has 4 aromatic carbocycles. The fourth-order valence-electron chi connectivity index (χ4n) is 6.58. The molecule has 4 heteroatoms. The van der Waals surface area contributed by atoms with E-state index >= 15 is 0 Å². The Morgan fingerprint density at radius 1 is 0.636 bits per heavy atom. The van der Waals surface area contributed by atoms with Crippen molar-refractivity contribution < 1.29 is 0 Å². The van der Waals surface area contributed by atoms with E-state index in [9.17, 15) is 0 Å². The molecule has 0 aliphatic carbocycles. The van der Waals surface area contributed by atoms with Gasteiger partial charge in [-0.1, -0.05) is 90.1 Å². The van der Waals surface area contributed by atoms with E-state index in [1.165, 1.54) is 61.1 Å². The molecule has 44 heavy (non-hydrogen) atoms. The predicted molar refractivity (Wildman–Crippen MR) is 187 cm³/mol. The van der Waals surface area contributed by atoms with Gasteiger partial charge in [-0.3, -0.25) is 4.57 Å². The number of benzene rings is 4.